The Bertz CT molecular complexity index is 428. The fraction of sp³-hybridized carbons (Fsp3) is 0. The van der Waals surface area contributed by atoms with E-state index in [0.29, 0.717) is 0 Å². The second-order valence-electron chi connectivity index (χ2n) is 2.45. The van der Waals surface area contributed by atoms with Gasteiger partial charge in [0.25, 0.3) is 0 Å². The van der Waals surface area contributed by atoms with E-state index >= 15 is 0 Å². The summed E-state index contributed by atoms with van der Waals surface area (Å²) in [4.78, 5) is 4.22. The van der Waals surface area contributed by atoms with Crippen LogP contribution in [0.15, 0.2) is 35.1 Å². The molecule has 0 radical (unpaired) electrons. The van der Waals surface area contributed by atoms with Crippen LogP contribution in [0.25, 0.3) is 10.8 Å². The summed E-state index contributed by atoms with van der Waals surface area (Å²) in [5.41, 5.74) is 0. The molecule has 12 heavy (non-hydrogen) atoms. The number of nitrogens with zero attached hydrogens (tertiary/aromatic N) is 1. The molecule has 2 rings (SSSR count). The number of hydrogen-bond acceptors (Lipinski definition) is 1. The van der Waals surface area contributed by atoms with E-state index in [9.17, 15) is 0 Å². The molecule has 0 N–H and O–H groups in total. The molecular formula is C9H5BrIN. The van der Waals surface area contributed by atoms with Crippen molar-refractivity contribution < 1.29 is 0 Å². The highest BCUT2D eigenvalue weighted by Crippen LogP contribution is 2.25. The molecule has 0 fully saturated rings. The van der Waals surface area contributed by atoms with Crippen LogP contribution in [0.4, 0.5) is 0 Å². The highest BCUT2D eigenvalue weighted by Gasteiger charge is 2.01. The van der Waals surface area contributed by atoms with Crippen LogP contribution in [0, 0.1) is 3.57 Å². The van der Waals surface area contributed by atoms with Crippen molar-refractivity contribution in [2.24, 2.45) is 0 Å². The van der Waals surface area contributed by atoms with Gasteiger partial charge in [-0.05, 0) is 43.9 Å². The summed E-state index contributed by atoms with van der Waals surface area (Å²) >= 11 is 5.69. The van der Waals surface area contributed by atoms with Crippen molar-refractivity contribution in [3.63, 3.8) is 0 Å². The van der Waals surface area contributed by atoms with Crippen molar-refractivity contribution in [1.29, 1.82) is 0 Å². The lowest BCUT2D eigenvalue weighted by molar-refractivity contribution is 1.29. The molecule has 0 saturated carbocycles. The van der Waals surface area contributed by atoms with Gasteiger partial charge >= 0.3 is 0 Å². The smallest absolute Gasteiger partial charge is 0.120 e. The zero-order valence-corrected chi connectivity index (χ0v) is 9.83. The van der Waals surface area contributed by atoms with E-state index in [1.54, 1.807) is 0 Å². The first-order valence-electron chi connectivity index (χ1n) is 3.48. The summed E-state index contributed by atoms with van der Waals surface area (Å²) in [5.74, 6) is 0. The summed E-state index contributed by atoms with van der Waals surface area (Å²) in [5, 5.41) is 2.44. The Labute approximate surface area is 92.5 Å². The summed E-state index contributed by atoms with van der Waals surface area (Å²) in [6, 6.07) is 8.23. The number of benzene rings is 1. The van der Waals surface area contributed by atoms with E-state index in [1.165, 1.54) is 14.3 Å². The lowest BCUT2D eigenvalue weighted by atomic mass is 10.2. The Hall–Kier alpha value is -0.160. The summed E-state index contributed by atoms with van der Waals surface area (Å²) in [6.45, 7) is 0. The highest BCUT2D eigenvalue weighted by molar-refractivity contribution is 14.1. The van der Waals surface area contributed by atoms with E-state index < -0.39 is 0 Å². The lowest BCUT2D eigenvalue weighted by Crippen LogP contribution is -1.83. The largest absolute Gasteiger partial charge is 0.248 e. The highest BCUT2D eigenvalue weighted by atomic mass is 127. The van der Waals surface area contributed by atoms with Gasteiger partial charge in [0.1, 0.15) is 4.60 Å². The van der Waals surface area contributed by atoms with Gasteiger partial charge in [-0.15, -0.1) is 0 Å². The van der Waals surface area contributed by atoms with E-state index in [0.717, 1.165) is 4.60 Å². The molecule has 1 aromatic heterocycles. The van der Waals surface area contributed by atoms with E-state index in [1.807, 2.05) is 18.3 Å². The van der Waals surface area contributed by atoms with Crippen molar-refractivity contribution in [3.8, 4) is 0 Å². The van der Waals surface area contributed by atoms with Crippen molar-refractivity contribution in [2.75, 3.05) is 0 Å². The molecule has 0 saturated heterocycles. The molecule has 1 aromatic carbocycles. The summed E-state index contributed by atoms with van der Waals surface area (Å²) in [6.07, 6.45) is 1.88. The average molecular weight is 334 g/mol. The third-order valence-electron chi connectivity index (χ3n) is 1.70. The quantitative estimate of drug-likeness (QED) is 0.530. The van der Waals surface area contributed by atoms with Crippen molar-refractivity contribution >= 4 is 49.3 Å². The van der Waals surface area contributed by atoms with Gasteiger partial charge in [0, 0.05) is 11.6 Å². The second-order valence-corrected chi connectivity index (χ2v) is 4.28. The molecule has 0 bridgehead atoms. The molecule has 1 nitrogen and oxygen atoms in total. The molecule has 0 unspecified atom stereocenters. The van der Waals surface area contributed by atoms with Crippen molar-refractivity contribution in [1.82, 2.24) is 4.98 Å². The molecule has 3 heteroatoms. The van der Waals surface area contributed by atoms with Gasteiger partial charge in [-0.2, -0.15) is 0 Å². The van der Waals surface area contributed by atoms with Crippen molar-refractivity contribution in [2.45, 2.75) is 0 Å². The molecule has 2 aromatic rings. The zero-order chi connectivity index (χ0) is 8.55. The fourth-order valence-corrected chi connectivity index (χ4v) is 2.05. The predicted octanol–water partition coefficient (Wildman–Crippen LogP) is 3.60. The number of fused-ring (bicyclic) bond motifs is 1. The molecule has 0 atom stereocenters. The van der Waals surface area contributed by atoms with Crippen LogP contribution in [-0.2, 0) is 0 Å². The number of pyridine rings is 1. The SMILES string of the molecule is Brc1ncc2ccccc2c1I. The molecule has 0 aliphatic carbocycles. The fourth-order valence-electron chi connectivity index (χ4n) is 1.10. The molecule has 0 amide bonds. The minimum absolute atomic E-state index is 0.918. The van der Waals surface area contributed by atoms with E-state index in [-0.39, 0.29) is 0 Å². The van der Waals surface area contributed by atoms with Crippen LogP contribution in [-0.4, -0.2) is 4.98 Å². The lowest BCUT2D eigenvalue weighted by Gasteiger charge is -2.00. The third-order valence-corrected chi connectivity index (χ3v) is 4.13. The standard InChI is InChI=1S/C9H5BrIN/c10-9-8(11)7-4-2-1-3-6(7)5-12-9/h1-5H. The van der Waals surface area contributed by atoms with Gasteiger partial charge in [0.2, 0.25) is 0 Å². The Morgan fingerprint density at radius 3 is 2.83 bits per heavy atom. The maximum Gasteiger partial charge on any atom is 0.120 e. The minimum Gasteiger partial charge on any atom is -0.248 e. The van der Waals surface area contributed by atoms with Crippen LogP contribution < -0.4 is 0 Å². The van der Waals surface area contributed by atoms with E-state index in [4.69, 9.17) is 0 Å². The molecule has 60 valence electrons. The zero-order valence-electron chi connectivity index (χ0n) is 6.09. The minimum atomic E-state index is 0.918. The average Bonchev–Trinajstić information content (AvgIpc) is 2.12. The monoisotopic (exact) mass is 333 g/mol. The summed E-state index contributed by atoms with van der Waals surface area (Å²) < 4.78 is 2.09. The van der Waals surface area contributed by atoms with E-state index in [2.05, 4.69) is 55.6 Å². The van der Waals surface area contributed by atoms with Crippen molar-refractivity contribution in [3.05, 3.63) is 38.6 Å². The predicted molar refractivity (Wildman–Crippen MR) is 62.2 cm³/mol. The van der Waals surface area contributed by atoms with Gasteiger partial charge in [-0.3, -0.25) is 0 Å². The number of halogens is 2. The van der Waals surface area contributed by atoms with Gasteiger partial charge in [0.15, 0.2) is 0 Å². The van der Waals surface area contributed by atoms with Crippen LogP contribution in [0.2, 0.25) is 0 Å². The second kappa shape index (κ2) is 3.30. The Kier molecular flexibility index (Phi) is 2.32. The molecular weight excluding hydrogens is 329 g/mol. The van der Waals surface area contributed by atoms with Gasteiger partial charge < -0.3 is 0 Å². The van der Waals surface area contributed by atoms with Crippen LogP contribution >= 0.6 is 38.5 Å². The van der Waals surface area contributed by atoms with Crippen LogP contribution in [0.3, 0.4) is 0 Å². The van der Waals surface area contributed by atoms with Gasteiger partial charge in [-0.25, -0.2) is 4.98 Å². The molecule has 0 aliphatic heterocycles. The van der Waals surface area contributed by atoms with Crippen LogP contribution in [0.1, 0.15) is 0 Å². The number of aromatic nitrogens is 1. The molecule has 1 heterocycles. The first-order valence-corrected chi connectivity index (χ1v) is 5.35. The maximum atomic E-state index is 4.22. The summed E-state index contributed by atoms with van der Waals surface area (Å²) in [7, 11) is 0. The Morgan fingerprint density at radius 2 is 2.00 bits per heavy atom. The van der Waals surface area contributed by atoms with Crippen LogP contribution in [0.5, 0.6) is 0 Å². The normalized spacial score (nSPS) is 10.5. The Morgan fingerprint density at radius 1 is 1.25 bits per heavy atom. The Balaban J connectivity index is 2.91. The first kappa shape index (κ1) is 8.44. The first-order chi connectivity index (χ1) is 5.79. The topological polar surface area (TPSA) is 12.9 Å². The van der Waals surface area contributed by atoms with Gasteiger partial charge in [-0.1, -0.05) is 24.3 Å². The van der Waals surface area contributed by atoms with Gasteiger partial charge in [0.05, 0.1) is 3.57 Å². The number of rotatable bonds is 0. The number of hydrogen-bond donors (Lipinski definition) is 0. The molecule has 0 spiro atoms. The maximum absolute atomic E-state index is 4.22. The molecule has 0 aliphatic rings. The third kappa shape index (κ3) is 1.35.